The molecule has 40 heavy (non-hydrogen) atoms. The molecule has 0 spiro atoms. The van der Waals surface area contributed by atoms with Gasteiger partial charge in [-0.1, -0.05) is 24.6 Å². The zero-order valence-electron chi connectivity index (χ0n) is 23.5. The predicted molar refractivity (Wildman–Crippen MR) is 161 cm³/mol. The van der Waals surface area contributed by atoms with Crippen molar-refractivity contribution in [2.75, 3.05) is 51.3 Å². The fraction of sp³-hybridized carbons (Fsp3) is 0.500. The van der Waals surface area contributed by atoms with Crippen LogP contribution in [0.5, 0.6) is 5.75 Å². The van der Waals surface area contributed by atoms with E-state index in [0.29, 0.717) is 40.5 Å². The van der Waals surface area contributed by atoms with E-state index < -0.39 is 0 Å². The number of amides is 1. The molecule has 7 nitrogen and oxygen atoms in total. The molecule has 3 fully saturated rings. The fourth-order valence-corrected chi connectivity index (χ4v) is 7.13. The molecule has 2 heterocycles. The van der Waals surface area contributed by atoms with E-state index in [9.17, 15) is 9.59 Å². The molecule has 6 rings (SSSR count). The van der Waals surface area contributed by atoms with Crippen LogP contribution >= 0.6 is 12.4 Å². The molecule has 3 aromatic rings. The number of fused-ring (bicyclic) bond motifs is 3. The Morgan fingerprint density at radius 2 is 1.85 bits per heavy atom. The van der Waals surface area contributed by atoms with Crippen LogP contribution in [-0.4, -0.2) is 57.2 Å². The van der Waals surface area contributed by atoms with E-state index in [1.165, 1.54) is 19.3 Å². The summed E-state index contributed by atoms with van der Waals surface area (Å²) in [5, 5.41) is 3.58. The summed E-state index contributed by atoms with van der Waals surface area (Å²) in [5.74, 6) is 3.21. The van der Waals surface area contributed by atoms with Crippen LogP contribution in [0.2, 0.25) is 0 Å². The molecule has 2 bridgehead atoms. The van der Waals surface area contributed by atoms with E-state index >= 15 is 0 Å². The lowest BCUT2D eigenvalue weighted by Gasteiger charge is -2.36. The van der Waals surface area contributed by atoms with Crippen LogP contribution < -0.4 is 20.4 Å². The second-order valence-corrected chi connectivity index (χ2v) is 11.5. The molecule has 2 saturated carbocycles. The summed E-state index contributed by atoms with van der Waals surface area (Å²) < 4.78 is 12.0. The Labute approximate surface area is 242 Å². The van der Waals surface area contributed by atoms with Crippen LogP contribution in [0.4, 0.5) is 5.69 Å². The van der Waals surface area contributed by atoms with Crippen LogP contribution in [-0.2, 0) is 0 Å². The number of rotatable bonds is 8. The van der Waals surface area contributed by atoms with Crippen LogP contribution in [0.1, 0.15) is 59.7 Å². The van der Waals surface area contributed by atoms with Crippen molar-refractivity contribution >= 4 is 35.0 Å². The quantitative estimate of drug-likeness (QED) is 0.370. The number of ether oxygens (including phenoxy) is 1. The summed E-state index contributed by atoms with van der Waals surface area (Å²) in [4.78, 5) is 31.3. The molecule has 3 unspecified atom stereocenters. The van der Waals surface area contributed by atoms with Crippen LogP contribution in [0.25, 0.3) is 11.0 Å². The molecule has 1 amide bonds. The van der Waals surface area contributed by atoms with Crippen molar-refractivity contribution in [3.05, 3.63) is 69.6 Å². The highest BCUT2D eigenvalue weighted by molar-refractivity contribution is 6.04. The summed E-state index contributed by atoms with van der Waals surface area (Å²) >= 11 is 0. The van der Waals surface area contributed by atoms with Gasteiger partial charge in [0.05, 0.1) is 23.7 Å². The smallest absolute Gasteiger partial charge is 0.255 e. The average molecular weight is 566 g/mol. The van der Waals surface area contributed by atoms with Gasteiger partial charge in [0.1, 0.15) is 11.5 Å². The highest BCUT2D eigenvalue weighted by Crippen LogP contribution is 2.53. The SMILES string of the molecule is COc1ccccc1N1CCN(CCCNC(=O)c2cccc3c(=O)c(C)c(C4CC5CCC4C5)oc23)CC1.Cl. The van der Waals surface area contributed by atoms with Gasteiger partial charge in [0.2, 0.25) is 0 Å². The Morgan fingerprint density at radius 3 is 2.58 bits per heavy atom. The van der Waals surface area contributed by atoms with Crippen molar-refractivity contribution in [3.8, 4) is 5.75 Å². The molecule has 0 radical (unpaired) electrons. The lowest BCUT2D eigenvalue weighted by Crippen LogP contribution is -2.47. The maximum Gasteiger partial charge on any atom is 0.255 e. The maximum atomic E-state index is 13.3. The first kappa shape index (κ1) is 28.5. The molecule has 2 aromatic carbocycles. The third kappa shape index (κ3) is 5.46. The molecule has 3 aliphatic rings. The maximum absolute atomic E-state index is 13.3. The number of halogens is 1. The normalized spacial score (nSPS) is 22.4. The van der Waals surface area contributed by atoms with Gasteiger partial charge >= 0.3 is 0 Å². The second kappa shape index (κ2) is 12.2. The molecule has 8 heteroatoms. The van der Waals surface area contributed by atoms with Gasteiger partial charge in [0.15, 0.2) is 11.0 Å². The van der Waals surface area contributed by atoms with E-state index in [-0.39, 0.29) is 23.7 Å². The van der Waals surface area contributed by atoms with Crippen molar-refractivity contribution in [2.24, 2.45) is 11.8 Å². The van der Waals surface area contributed by atoms with Gasteiger partial charge in [-0.3, -0.25) is 14.5 Å². The van der Waals surface area contributed by atoms with Gasteiger partial charge in [-0.05, 0) is 75.3 Å². The zero-order valence-corrected chi connectivity index (χ0v) is 24.3. The number of benzene rings is 2. The van der Waals surface area contributed by atoms with Gasteiger partial charge in [0.25, 0.3) is 5.91 Å². The Balaban J connectivity index is 0.00000323. The number of piperazine rings is 1. The number of hydrogen-bond acceptors (Lipinski definition) is 6. The highest BCUT2D eigenvalue weighted by atomic mass is 35.5. The minimum absolute atomic E-state index is 0. The molecular formula is C32H40ClN3O4. The summed E-state index contributed by atoms with van der Waals surface area (Å²) in [6, 6.07) is 13.5. The summed E-state index contributed by atoms with van der Waals surface area (Å²) in [6.45, 7) is 7.25. The third-order valence-corrected chi connectivity index (χ3v) is 9.24. The largest absolute Gasteiger partial charge is 0.495 e. The van der Waals surface area contributed by atoms with Crippen molar-refractivity contribution in [3.63, 3.8) is 0 Å². The van der Waals surface area contributed by atoms with E-state index in [2.05, 4.69) is 21.2 Å². The monoisotopic (exact) mass is 565 g/mol. The van der Waals surface area contributed by atoms with Crippen LogP contribution in [0, 0.1) is 18.8 Å². The minimum Gasteiger partial charge on any atom is -0.495 e. The second-order valence-electron chi connectivity index (χ2n) is 11.5. The molecule has 214 valence electrons. The minimum atomic E-state index is -0.174. The van der Waals surface area contributed by atoms with E-state index in [1.807, 2.05) is 25.1 Å². The predicted octanol–water partition coefficient (Wildman–Crippen LogP) is 5.38. The van der Waals surface area contributed by atoms with Gasteiger partial charge < -0.3 is 19.4 Å². The van der Waals surface area contributed by atoms with Crippen molar-refractivity contribution < 1.29 is 13.9 Å². The van der Waals surface area contributed by atoms with Crippen LogP contribution in [0.3, 0.4) is 0 Å². The number of carbonyl (C=O) groups is 1. The van der Waals surface area contributed by atoms with Gasteiger partial charge in [0, 0.05) is 44.2 Å². The molecule has 1 aliphatic heterocycles. The Morgan fingerprint density at radius 1 is 1.05 bits per heavy atom. The third-order valence-electron chi connectivity index (χ3n) is 9.24. The van der Waals surface area contributed by atoms with E-state index in [1.54, 1.807) is 25.3 Å². The zero-order chi connectivity index (χ0) is 26.9. The van der Waals surface area contributed by atoms with Crippen molar-refractivity contribution in [1.29, 1.82) is 0 Å². The number of anilines is 1. The molecule has 1 saturated heterocycles. The Hall–Kier alpha value is -3.03. The highest BCUT2D eigenvalue weighted by Gasteiger charge is 2.42. The molecular weight excluding hydrogens is 526 g/mol. The number of carbonyl (C=O) groups excluding carboxylic acids is 1. The standard InChI is InChI=1S/C32H39N3O4.ClH/c1-21-29(36)24-7-5-8-25(31(24)39-30(21)26-20-22-11-12-23(26)19-22)32(37)33-13-6-14-34-15-17-35(18-16-34)27-9-3-4-10-28(27)38-2;/h3-5,7-10,22-23,26H,6,11-20H2,1-2H3,(H,33,37);1H. The first-order valence-corrected chi connectivity index (χ1v) is 14.5. The first-order valence-electron chi connectivity index (χ1n) is 14.5. The van der Waals surface area contributed by atoms with Gasteiger partial charge in [-0.2, -0.15) is 0 Å². The number of nitrogens with one attached hydrogen (secondary N) is 1. The molecule has 3 atom stereocenters. The van der Waals surface area contributed by atoms with Crippen LogP contribution in [0.15, 0.2) is 51.7 Å². The molecule has 2 aliphatic carbocycles. The van der Waals surface area contributed by atoms with E-state index in [0.717, 1.165) is 68.7 Å². The molecule has 1 aromatic heterocycles. The first-order chi connectivity index (χ1) is 19.0. The Kier molecular flexibility index (Phi) is 8.71. The lowest BCUT2D eigenvalue weighted by atomic mass is 9.85. The van der Waals surface area contributed by atoms with Crippen molar-refractivity contribution in [1.82, 2.24) is 10.2 Å². The Bertz CT molecular complexity index is 1420. The number of para-hydroxylation sites is 3. The number of hydrogen-bond donors (Lipinski definition) is 1. The van der Waals surface area contributed by atoms with E-state index in [4.69, 9.17) is 9.15 Å². The number of nitrogens with zero attached hydrogens (tertiary/aromatic N) is 2. The van der Waals surface area contributed by atoms with Gasteiger partial charge in [-0.15, -0.1) is 12.4 Å². The lowest BCUT2D eigenvalue weighted by molar-refractivity contribution is 0.0952. The number of methoxy groups -OCH3 is 1. The molecule has 1 N–H and O–H groups in total. The topological polar surface area (TPSA) is 75.0 Å². The van der Waals surface area contributed by atoms with Crippen molar-refractivity contribution in [2.45, 2.75) is 44.9 Å². The average Bonchev–Trinajstić information content (AvgIpc) is 3.61. The summed E-state index contributed by atoms with van der Waals surface area (Å²) in [5.41, 5.74) is 2.75. The fourth-order valence-electron chi connectivity index (χ4n) is 7.13. The van der Waals surface area contributed by atoms with Gasteiger partial charge in [-0.25, -0.2) is 0 Å². The summed E-state index contributed by atoms with van der Waals surface area (Å²) in [6.07, 6.45) is 5.72. The summed E-state index contributed by atoms with van der Waals surface area (Å²) in [7, 11) is 1.72.